The molecule has 0 bridgehead atoms. The number of urea groups is 1. The summed E-state index contributed by atoms with van der Waals surface area (Å²) in [6.45, 7) is 1.42. The van der Waals surface area contributed by atoms with Crippen LogP contribution in [0.3, 0.4) is 0 Å². The van der Waals surface area contributed by atoms with E-state index in [2.05, 4.69) is 16.9 Å². The Morgan fingerprint density at radius 1 is 1.31 bits per heavy atom. The van der Waals surface area contributed by atoms with Gasteiger partial charge in [-0.2, -0.15) is 11.8 Å². The van der Waals surface area contributed by atoms with Crippen molar-refractivity contribution in [3.63, 3.8) is 0 Å². The molecule has 0 aromatic rings. The topological polar surface area (TPSA) is 50.4 Å². The quantitative estimate of drug-likeness (QED) is 0.788. The Morgan fingerprint density at radius 2 is 2.19 bits per heavy atom. The third kappa shape index (κ3) is 3.04. The molecule has 1 saturated heterocycles. The Morgan fingerprint density at radius 3 is 2.88 bits per heavy atom. The molecule has 0 aromatic carbocycles. The number of amides is 2. The summed E-state index contributed by atoms with van der Waals surface area (Å²) < 4.78 is 5.22. The summed E-state index contributed by atoms with van der Waals surface area (Å²) in [5.74, 6) is 0. The molecule has 0 aromatic heterocycles. The van der Waals surface area contributed by atoms with Crippen molar-refractivity contribution in [2.24, 2.45) is 0 Å². The van der Waals surface area contributed by atoms with Crippen molar-refractivity contribution in [2.75, 3.05) is 19.5 Å². The maximum atomic E-state index is 11.7. The summed E-state index contributed by atoms with van der Waals surface area (Å²) in [5.41, 5.74) is 0. The highest BCUT2D eigenvalue weighted by Crippen LogP contribution is 2.28. The van der Waals surface area contributed by atoms with Crippen molar-refractivity contribution in [1.82, 2.24) is 10.6 Å². The Hall–Kier alpha value is -0.420. The van der Waals surface area contributed by atoms with Crippen molar-refractivity contribution in [3.05, 3.63) is 0 Å². The molecule has 92 valence electrons. The average molecular weight is 244 g/mol. The molecule has 1 saturated carbocycles. The number of rotatable bonds is 3. The summed E-state index contributed by atoms with van der Waals surface area (Å²) in [7, 11) is 0. The van der Waals surface area contributed by atoms with Gasteiger partial charge < -0.3 is 15.4 Å². The zero-order valence-electron chi connectivity index (χ0n) is 9.70. The highest BCUT2D eigenvalue weighted by atomic mass is 32.2. The van der Waals surface area contributed by atoms with Crippen LogP contribution in [-0.2, 0) is 4.74 Å². The van der Waals surface area contributed by atoms with Crippen LogP contribution in [0.5, 0.6) is 0 Å². The Bertz CT molecular complexity index is 244. The van der Waals surface area contributed by atoms with Gasteiger partial charge in [0.1, 0.15) is 0 Å². The van der Waals surface area contributed by atoms with Gasteiger partial charge in [-0.1, -0.05) is 6.42 Å². The molecular formula is C11H20N2O2S. The molecule has 0 spiro atoms. The number of carbonyl (C=O) groups is 1. The number of thioether (sulfide) groups is 1. The molecular weight excluding hydrogens is 224 g/mol. The van der Waals surface area contributed by atoms with Crippen molar-refractivity contribution in [1.29, 1.82) is 0 Å². The van der Waals surface area contributed by atoms with Crippen LogP contribution in [0.25, 0.3) is 0 Å². The minimum absolute atomic E-state index is 0.0264. The van der Waals surface area contributed by atoms with Gasteiger partial charge in [0, 0.05) is 17.9 Å². The number of nitrogens with one attached hydrogen (secondary N) is 2. The maximum absolute atomic E-state index is 11.7. The Kier molecular flexibility index (Phi) is 4.35. The van der Waals surface area contributed by atoms with Gasteiger partial charge >= 0.3 is 6.03 Å². The van der Waals surface area contributed by atoms with Gasteiger partial charge in [0.2, 0.25) is 0 Å². The van der Waals surface area contributed by atoms with Crippen molar-refractivity contribution < 1.29 is 9.53 Å². The molecule has 2 rings (SSSR count). The summed E-state index contributed by atoms with van der Waals surface area (Å²) in [4.78, 5) is 11.7. The molecule has 1 heterocycles. The Balaban J connectivity index is 1.73. The van der Waals surface area contributed by atoms with E-state index in [1.165, 1.54) is 12.8 Å². The lowest BCUT2D eigenvalue weighted by molar-refractivity contribution is 0.188. The molecule has 2 N–H and O–H groups in total. The van der Waals surface area contributed by atoms with E-state index in [1.54, 1.807) is 0 Å². The SMILES string of the molecule is CSC1CCCC1NC(=O)NC1CCOC1. The zero-order chi connectivity index (χ0) is 11.4. The first-order valence-electron chi connectivity index (χ1n) is 5.97. The summed E-state index contributed by atoms with van der Waals surface area (Å²) in [5, 5.41) is 6.63. The highest BCUT2D eigenvalue weighted by Gasteiger charge is 2.28. The molecule has 3 atom stereocenters. The van der Waals surface area contributed by atoms with Gasteiger partial charge in [-0.25, -0.2) is 4.79 Å². The first-order valence-corrected chi connectivity index (χ1v) is 7.26. The van der Waals surface area contributed by atoms with E-state index in [-0.39, 0.29) is 12.1 Å². The highest BCUT2D eigenvalue weighted by molar-refractivity contribution is 7.99. The molecule has 2 amide bonds. The lowest BCUT2D eigenvalue weighted by Gasteiger charge is -2.20. The van der Waals surface area contributed by atoms with Crippen molar-refractivity contribution in [2.45, 2.75) is 43.0 Å². The second-order valence-corrected chi connectivity index (χ2v) is 5.57. The number of hydrogen-bond donors (Lipinski definition) is 2. The van der Waals surface area contributed by atoms with Gasteiger partial charge in [-0.05, 0) is 25.5 Å². The fourth-order valence-electron chi connectivity index (χ4n) is 2.42. The monoisotopic (exact) mass is 244 g/mol. The van der Waals surface area contributed by atoms with Crippen LogP contribution in [0.2, 0.25) is 0 Å². The fourth-order valence-corrected chi connectivity index (χ4v) is 3.35. The van der Waals surface area contributed by atoms with Gasteiger partial charge in [-0.3, -0.25) is 0 Å². The molecule has 0 radical (unpaired) electrons. The second-order valence-electron chi connectivity index (χ2n) is 4.49. The first kappa shape index (κ1) is 12.0. The molecule has 1 aliphatic carbocycles. The standard InChI is InChI=1S/C11H20N2O2S/c1-16-10-4-2-3-9(10)13-11(14)12-8-5-6-15-7-8/h8-10H,2-7H2,1H3,(H2,12,13,14). The first-order chi connectivity index (χ1) is 7.79. The molecule has 5 heteroatoms. The summed E-state index contributed by atoms with van der Waals surface area (Å²) >= 11 is 1.86. The molecule has 4 nitrogen and oxygen atoms in total. The minimum Gasteiger partial charge on any atom is -0.379 e. The molecule has 3 unspecified atom stereocenters. The third-order valence-corrected chi connectivity index (χ3v) is 4.51. The lowest BCUT2D eigenvalue weighted by Crippen LogP contribution is -2.48. The lowest BCUT2D eigenvalue weighted by atomic mass is 10.2. The van der Waals surface area contributed by atoms with Gasteiger partial charge in [0.05, 0.1) is 12.6 Å². The van der Waals surface area contributed by atoms with Crippen LogP contribution in [0.15, 0.2) is 0 Å². The largest absolute Gasteiger partial charge is 0.379 e. The fraction of sp³-hybridized carbons (Fsp3) is 0.909. The number of carbonyl (C=O) groups excluding carboxylic acids is 1. The van der Waals surface area contributed by atoms with E-state index in [1.807, 2.05) is 11.8 Å². The van der Waals surface area contributed by atoms with Gasteiger partial charge in [-0.15, -0.1) is 0 Å². The predicted octanol–water partition coefficient (Wildman–Crippen LogP) is 1.36. The zero-order valence-corrected chi connectivity index (χ0v) is 10.5. The molecule has 2 fully saturated rings. The smallest absolute Gasteiger partial charge is 0.315 e. The molecule has 1 aliphatic heterocycles. The van der Waals surface area contributed by atoms with E-state index < -0.39 is 0 Å². The normalized spacial score (nSPS) is 33.9. The summed E-state index contributed by atoms with van der Waals surface area (Å²) in [6.07, 6.45) is 6.61. The number of hydrogen-bond acceptors (Lipinski definition) is 3. The number of ether oxygens (including phenoxy) is 1. The van der Waals surface area contributed by atoms with Crippen LogP contribution >= 0.6 is 11.8 Å². The maximum Gasteiger partial charge on any atom is 0.315 e. The van der Waals surface area contributed by atoms with Crippen LogP contribution < -0.4 is 10.6 Å². The second kappa shape index (κ2) is 5.77. The van der Waals surface area contributed by atoms with E-state index in [0.717, 1.165) is 19.4 Å². The Labute approximate surface area is 101 Å². The van der Waals surface area contributed by atoms with E-state index in [4.69, 9.17) is 4.74 Å². The third-order valence-electron chi connectivity index (χ3n) is 3.34. The average Bonchev–Trinajstić information content (AvgIpc) is 2.88. The van der Waals surface area contributed by atoms with E-state index in [0.29, 0.717) is 17.9 Å². The minimum atomic E-state index is -0.0264. The van der Waals surface area contributed by atoms with Crippen molar-refractivity contribution >= 4 is 17.8 Å². The van der Waals surface area contributed by atoms with Crippen LogP contribution in [0.1, 0.15) is 25.7 Å². The molecule has 2 aliphatic rings. The van der Waals surface area contributed by atoms with Crippen LogP contribution in [0.4, 0.5) is 4.79 Å². The summed E-state index contributed by atoms with van der Waals surface area (Å²) in [6, 6.07) is 0.521. The van der Waals surface area contributed by atoms with Crippen molar-refractivity contribution in [3.8, 4) is 0 Å². The molecule has 16 heavy (non-hydrogen) atoms. The van der Waals surface area contributed by atoms with Gasteiger partial charge in [0.25, 0.3) is 0 Å². The van der Waals surface area contributed by atoms with E-state index >= 15 is 0 Å². The van der Waals surface area contributed by atoms with Crippen LogP contribution in [-0.4, -0.2) is 42.8 Å². The van der Waals surface area contributed by atoms with E-state index in [9.17, 15) is 4.79 Å². The predicted molar refractivity (Wildman–Crippen MR) is 65.8 cm³/mol. The van der Waals surface area contributed by atoms with Gasteiger partial charge in [0.15, 0.2) is 0 Å². The van der Waals surface area contributed by atoms with Crippen LogP contribution in [0, 0.1) is 0 Å².